The first-order valence-electron chi connectivity index (χ1n) is 8.47. The van der Waals surface area contributed by atoms with Gasteiger partial charge >= 0.3 is 5.97 Å². The largest absolute Gasteiger partial charge is 0.496 e. The second kappa shape index (κ2) is 7.44. The van der Waals surface area contributed by atoms with Crippen molar-refractivity contribution >= 4 is 38.3 Å². The van der Waals surface area contributed by atoms with Crippen LogP contribution in [0.25, 0.3) is 16.4 Å². The van der Waals surface area contributed by atoms with Gasteiger partial charge in [-0.05, 0) is 51.0 Å². The average Bonchev–Trinajstić information content (AvgIpc) is 2.71. The first-order valence-corrected chi connectivity index (χ1v) is 9.26. The van der Waals surface area contributed by atoms with E-state index in [-0.39, 0.29) is 12.2 Å². The Morgan fingerprint density at radius 3 is 2.61 bits per heavy atom. The highest BCUT2D eigenvalue weighted by atomic mass is 79.9. The van der Waals surface area contributed by atoms with Crippen LogP contribution in [0.2, 0.25) is 0 Å². The molecule has 0 spiro atoms. The number of benzene rings is 2. The number of nitrogens with zero attached hydrogens (tertiary/aromatic N) is 2. The van der Waals surface area contributed by atoms with Gasteiger partial charge in [0.15, 0.2) is 0 Å². The van der Waals surface area contributed by atoms with Gasteiger partial charge < -0.3 is 9.47 Å². The first kappa shape index (κ1) is 18.2. The molecule has 0 aliphatic carbocycles. The number of esters is 1. The molecular formula is C21H15BrN2O4. The monoisotopic (exact) mass is 438 g/mol. The zero-order valence-electron chi connectivity index (χ0n) is 14.9. The van der Waals surface area contributed by atoms with Crippen molar-refractivity contribution in [3.8, 4) is 5.75 Å². The highest BCUT2D eigenvalue weighted by Gasteiger charge is 2.16. The SMILES string of the molecule is COc1cc2ccccc2cc1C(=O)OCc1cc(=O)n2cc(Br)ccc2n1. The summed E-state index contributed by atoms with van der Waals surface area (Å²) in [6.45, 7) is -0.114. The molecule has 0 aliphatic rings. The fraction of sp³-hybridized carbons (Fsp3) is 0.0952. The van der Waals surface area contributed by atoms with Crippen LogP contribution in [0.3, 0.4) is 0 Å². The minimum atomic E-state index is -0.541. The number of aromatic nitrogens is 2. The van der Waals surface area contributed by atoms with Crippen molar-refractivity contribution in [2.75, 3.05) is 7.11 Å². The predicted molar refractivity (Wildman–Crippen MR) is 109 cm³/mol. The molecule has 0 aliphatic heterocycles. The Labute approximate surface area is 168 Å². The highest BCUT2D eigenvalue weighted by Crippen LogP contribution is 2.26. The predicted octanol–water partition coefficient (Wildman–Crippen LogP) is 3.98. The molecule has 0 N–H and O–H groups in total. The van der Waals surface area contributed by atoms with Gasteiger partial charge in [-0.25, -0.2) is 9.78 Å². The van der Waals surface area contributed by atoms with Crippen LogP contribution in [0.4, 0.5) is 0 Å². The number of hydrogen-bond donors (Lipinski definition) is 0. The van der Waals surface area contributed by atoms with E-state index in [9.17, 15) is 9.59 Å². The van der Waals surface area contributed by atoms with E-state index in [0.717, 1.165) is 15.2 Å². The molecule has 4 rings (SSSR count). The van der Waals surface area contributed by atoms with Crippen molar-refractivity contribution in [2.45, 2.75) is 6.61 Å². The van der Waals surface area contributed by atoms with Crippen LogP contribution in [0.5, 0.6) is 5.75 Å². The van der Waals surface area contributed by atoms with E-state index in [2.05, 4.69) is 20.9 Å². The van der Waals surface area contributed by atoms with Crippen molar-refractivity contribution in [1.29, 1.82) is 0 Å². The lowest BCUT2D eigenvalue weighted by Gasteiger charge is -2.11. The second-order valence-electron chi connectivity index (χ2n) is 6.14. The molecule has 0 unspecified atom stereocenters. The Bertz CT molecular complexity index is 1270. The molecule has 0 fully saturated rings. The lowest BCUT2D eigenvalue weighted by molar-refractivity contribution is 0.0464. The summed E-state index contributed by atoms with van der Waals surface area (Å²) in [5.41, 5.74) is 0.925. The lowest BCUT2D eigenvalue weighted by atomic mass is 10.1. The van der Waals surface area contributed by atoms with Crippen molar-refractivity contribution in [2.24, 2.45) is 0 Å². The average molecular weight is 439 g/mol. The van der Waals surface area contributed by atoms with Crippen LogP contribution in [-0.4, -0.2) is 22.5 Å². The fourth-order valence-corrected chi connectivity index (χ4v) is 3.30. The maximum absolute atomic E-state index is 12.6. The van der Waals surface area contributed by atoms with E-state index in [1.165, 1.54) is 17.6 Å². The molecule has 140 valence electrons. The summed E-state index contributed by atoms with van der Waals surface area (Å²) in [6, 6.07) is 16.1. The standard InChI is InChI=1S/C21H15BrN2O4/c1-27-18-9-14-5-3-2-4-13(14)8-17(18)21(26)28-12-16-10-20(25)24-11-15(22)6-7-19(24)23-16/h2-11H,12H2,1H3. The maximum Gasteiger partial charge on any atom is 0.342 e. The number of pyridine rings is 1. The molecule has 0 saturated heterocycles. The summed E-state index contributed by atoms with van der Waals surface area (Å²) < 4.78 is 12.9. The Morgan fingerprint density at radius 2 is 1.86 bits per heavy atom. The first-order chi connectivity index (χ1) is 13.5. The normalized spacial score (nSPS) is 10.9. The molecule has 2 heterocycles. The van der Waals surface area contributed by atoms with Crippen LogP contribution in [0.1, 0.15) is 16.1 Å². The van der Waals surface area contributed by atoms with Gasteiger partial charge in [0.05, 0.1) is 12.8 Å². The number of carbonyl (C=O) groups excluding carboxylic acids is 1. The quantitative estimate of drug-likeness (QED) is 0.450. The summed E-state index contributed by atoms with van der Waals surface area (Å²) in [5, 5.41) is 1.87. The molecule has 0 atom stereocenters. The van der Waals surface area contributed by atoms with Gasteiger partial charge in [-0.2, -0.15) is 0 Å². The fourth-order valence-electron chi connectivity index (χ4n) is 2.97. The Morgan fingerprint density at radius 1 is 1.11 bits per heavy atom. The van der Waals surface area contributed by atoms with Gasteiger partial charge in [0.25, 0.3) is 5.56 Å². The summed E-state index contributed by atoms with van der Waals surface area (Å²) in [4.78, 5) is 29.2. The zero-order valence-corrected chi connectivity index (χ0v) is 16.5. The van der Waals surface area contributed by atoms with Crippen LogP contribution in [0, 0.1) is 0 Å². The van der Waals surface area contributed by atoms with Crippen LogP contribution in [0.15, 0.2) is 70.1 Å². The van der Waals surface area contributed by atoms with Crippen LogP contribution in [-0.2, 0) is 11.3 Å². The van der Waals surface area contributed by atoms with Gasteiger partial charge in [0.2, 0.25) is 0 Å². The molecule has 0 amide bonds. The number of fused-ring (bicyclic) bond motifs is 2. The molecule has 0 saturated carbocycles. The third kappa shape index (κ3) is 3.48. The second-order valence-corrected chi connectivity index (χ2v) is 7.05. The summed E-state index contributed by atoms with van der Waals surface area (Å²) in [5.74, 6) is -0.111. The van der Waals surface area contributed by atoms with Crippen LogP contribution < -0.4 is 10.3 Å². The van der Waals surface area contributed by atoms with E-state index in [1.807, 2.05) is 24.3 Å². The van der Waals surface area contributed by atoms with Crippen molar-refractivity contribution < 1.29 is 14.3 Å². The Kier molecular flexibility index (Phi) is 4.83. The lowest BCUT2D eigenvalue weighted by Crippen LogP contribution is -2.16. The summed E-state index contributed by atoms with van der Waals surface area (Å²) in [7, 11) is 1.50. The highest BCUT2D eigenvalue weighted by molar-refractivity contribution is 9.10. The van der Waals surface area contributed by atoms with Crippen molar-refractivity contribution in [1.82, 2.24) is 9.38 Å². The topological polar surface area (TPSA) is 69.9 Å². The number of ether oxygens (including phenoxy) is 2. The number of halogens is 1. The zero-order chi connectivity index (χ0) is 19.7. The molecule has 2 aromatic carbocycles. The summed E-state index contributed by atoms with van der Waals surface area (Å²) >= 11 is 3.32. The summed E-state index contributed by atoms with van der Waals surface area (Å²) in [6.07, 6.45) is 1.64. The minimum Gasteiger partial charge on any atom is -0.496 e. The third-order valence-corrected chi connectivity index (χ3v) is 4.78. The third-order valence-electron chi connectivity index (χ3n) is 4.32. The minimum absolute atomic E-state index is 0.114. The van der Waals surface area contributed by atoms with Gasteiger partial charge in [-0.3, -0.25) is 9.20 Å². The molecule has 2 aromatic heterocycles. The smallest absolute Gasteiger partial charge is 0.342 e. The van der Waals surface area contributed by atoms with E-state index in [1.54, 1.807) is 30.5 Å². The van der Waals surface area contributed by atoms with E-state index >= 15 is 0 Å². The number of methoxy groups -OCH3 is 1. The molecule has 0 bridgehead atoms. The number of rotatable bonds is 4. The van der Waals surface area contributed by atoms with Crippen LogP contribution >= 0.6 is 15.9 Å². The van der Waals surface area contributed by atoms with Gasteiger partial charge in [0, 0.05) is 16.7 Å². The molecule has 28 heavy (non-hydrogen) atoms. The maximum atomic E-state index is 12.6. The molecular weight excluding hydrogens is 424 g/mol. The van der Waals surface area contributed by atoms with Gasteiger partial charge in [0.1, 0.15) is 23.6 Å². The van der Waals surface area contributed by atoms with Gasteiger partial charge in [-0.15, -0.1) is 0 Å². The molecule has 7 heteroatoms. The van der Waals surface area contributed by atoms with E-state index in [0.29, 0.717) is 22.7 Å². The molecule has 4 aromatic rings. The van der Waals surface area contributed by atoms with E-state index in [4.69, 9.17) is 9.47 Å². The number of carbonyl (C=O) groups is 1. The Hall–Kier alpha value is -3.19. The molecule has 6 nitrogen and oxygen atoms in total. The Balaban J connectivity index is 1.61. The number of hydrogen-bond acceptors (Lipinski definition) is 5. The van der Waals surface area contributed by atoms with E-state index < -0.39 is 5.97 Å². The van der Waals surface area contributed by atoms with Gasteiger partial charge in [-0.1, -0.05) is 24.3 Å². The molecule has 0 radical (unpaired) electrons. The van der Waals surface area contributed by atoms with Crippen molar-refractivity contribution in [3.63, 3.8) is 0 Å². The van der Waals surface area contributed by atoms with Crippen molar-refractivity contribution in [3.05, 3.63) is 86.9 Å².